The third kappa shape index (κ3) is 1.24. The average Bonchev–Trinajstić information content (AvgIpc) is 2.51. The minimum Gasteiger partial charge on any atom is -0.319 e. The standard InChI is InChI=1S/C4H5N4O3PS/c5-7-2-6-8-3(12(9,10)11)1-13-4(7)8/h1-2H,5H2,(H-,9,10,11)/p+1. The van der Waals surface area contributed by atoms with Gasteiger partial charge in [0.15, 0.2) is 0 Å². The number of hydrogen-bond acceptors (Lipinski definition) is 4. The van der Waals surface area contributed by atoms with Crippen molar-refractivity contribution in [3.8, 4) is 0 Å². The lowest BCUT2D eigenvalue weighted by Gasteiger charge is -1.93. The van der Waals surface area contributed by atoms with Crippen LogP contribution in [-0.2, 0) is 4.57 Å². The molecule has 2 aromatic heterocycles. The third-order valence-electron chi connectivity index (χ3n) is 1.48. The van der Waals surface area contributed by atoms with Crippen LogP contribution in [0, 0.1) is 0 Å². The number of nitrogens with two attached hydrogens (primary N) is 1. The van der Waals surface area contributed by atoms with Crippen molar-refractivity contribution in [1.29, 1.82) is 0 Å². The van der Waals surface area contributed by atoms with E-state index in [9.17, 15) is 4.57 Å². The Morgan fingerprint density at radius 3 is 3.00 bits per heavy atom. The molecule has 0 aliphatic carbocycles. The van der Waals surface area contributed by atoms with Crippen LogP contribution in [0.5, 0.6) is 0 Å². The molecule has 4 N–H and O–H groups in total. The molecule has 0 amide bonds. The molecule has 0 aromatic carbocycles. The van der Waals surface area contributed by atoms with E-state index < -0.39 is 7.60 Å². The topological polar surface area (TPSA) is 105 Å². The fourth-order valence-electron chi connectivity index (χ4n) is 0.931. The summed E-state index contributed by atoms with van der Waals surface area (Å²) in [5, 5.41) is 5.06. The van der Waals surface area contributed by atoms with Crippen LogP contribution in [-0.4, -0.2) is 19.4 Å². The maximum atomic E-state index is 10.9. The second-order valence-electron chi connectivity index (χ2n) is 2.37. The maximum absolute atomic E-state index is 10.9. The molecule has 9 heteroatoms. The summed E-state index contributed by atoms with van der Waals surface area (Å²) in [5.41, 5.74) is -0.142. The molecule has 0 radical (unpaired) electrons. The van der Waals surface area contributed by atoms with E-state index in [1.165, 1.54) is 16.4 Å². The molecule has 70 valence electrons. The summed E-state index contributed by atoms with van der Waals surface area (Å²) in [6, 6.07) is 0. The normalized spacial score (nSPS) is 12.5. The Morgan fingerprint density at radius 2 is 2.38 bits per heavy atom. The Morgan fingerprint density at radius 1 is 1.69 bits per heavy atom. The van der Waals surface area contributed by atoms with Crippen molar-refractivity contribution < 1.29 is 19.0 Å². The van der Waals surface area contributed by atoms with Crippen LogP contribution in [0.1, 0.15) is 0 Å². The molecule has 13 heavy (non-hydrogen) atoms. The van der Waals surface area contributed by atoms with Crippen molar-refractivity contribution in [3.05, 3.63) is 11.7 Å². The van der Waals surface area contributed by atoms with Crippen LogP contribution < -0.4 is 16.0 Å². The summed E-state index contributed by atoms with van der Waals surface area (Å²) >= 11 is 1.12. The lowest BCUT2D eigenvalue weighted by atomic mass is 11.0. The van der Waals surface area contributed by atoms with Gasteiger partial charge in [-0.25, -0.2) is 0 Å². The predicted octanol–water partition coefficient (Wildman–Crippen LogP) is -1.80. The minimum atomic E-state index is -4.26. The Hall–Kier alpha value is -0.950. The van der Waals surface area contributed by atoms with Gasteiger partial charge < -0.3 is 9.79 Å². The highest BCUT2D eigenvalue weighted by Gasteiger charge is 2.29. The average molecular weight is 221 g/mol. The predicted molar refractivity (Wildman–Crippen MR) is 45.1 cm³/mol. The summed E-state index contributed by atoms with van der Waals surface area (Å²) in [5.74, 6) is 5.42. The number of thiazole rings is 1. The molecule has 0 unspecified atom stereocenters. The van der Waals surface area contributed by atoms with E-state index in [1.807, 2.05) is 0 Å². The molecule has 2 rings (SSSR count). The van der Waals surface area contributed by atoms with Crippen molar-refractivity contribution in [2.75, 3.05) is 5.84 Å². The summed E-state index contributed by atoms with van der Waals surface area (Å²) < 4.78 is 13.2. The first kappa shape index (κ1) is 8.64. The zero-order chi connectivity index (χ0) is 9.64. The third-order valence-corrected chi connectivity index (χ3v) is 3.50. The first-order chi connectivity index (χ1) is 6.00. The molecular formula is C4H6N4O3PS+. The van der Waals surface area contributed by atoms with Gasteiger partial charge in [-0.15, -0.1) is 4.68 Å². The van der Waals surface area contributed by atoms with Gasteiger partial charge in [0.2, 0.25) is 5.44 Å². The zero-order valence-corrected chi connectivity index (χ0v) is 7.94. The van der Waals surface area contributed by atoms with Crippen molar-refractivity contribution in [2.24, 2.45) is 0 Å². The summed E-state index contributed by atoms with van der Waals surface area (Å²) in [6.07, 6.45) is 1.28. The highest BCUT2D eigenvalue weighted by molar-refractivity contribution is 7.60. The van der Waals surface area contributed by atoms with E-state index in [0.717, 1.165) is 15.9 Å². The van der Waals surface area contributed by atoms with E-state index in [2.05, 4.69) is 5.10 Å². The van der Waals surface area contributed by atoms with Gasteiger partial charge in [-0.3, -0.25) is 10.4 Å². The molecule has 0 saturated carbocycles. The monoisotopic (exact) mass is 221 g/mol. The van der Waals surface area contributed by atoms with Gasteiger partial charge in [-0.1, -0.05) is 15.9 Å². The van der Waals surface area contributed by atoms with Gasteiger partial charge in [0.25, 0.3) is 6.33 Å². The van der Waals surface area contributed by atoms with E-state index in [1.54, 1.807) is 0 Å². The smallest absolute Gasteiger partial charge is 0.319 e. The number of aromatic nitrogens is 3. The number of rotatable bonds is 1. The number of fused-ring (bicyclic) bond motifs is 1. The minimum absolute atomic E-state index is 0.142. The summed E-state index contributed by atoms with van der Waals surface area (Å²) in [6.45, 7) is 0. The molecule has 2 heterocycles. The van der Waals surface area contributed by atoms with Crippen molar-refractivity contribution in [2.45, 2.75) is 0 Å². The van der Waals surface area contributed by atoms with E-state index in [-0.39, 0.29) is 5.44 Å². The molecular weight excluding hydrogens is 215 g/mol. The summed E-state index contributed by atoms with van der Waals surface area (Å²) in [7, 11) is -4.26. The maximum Gasteiger partial charge on any atom is 0.392 e. The Bertz CT molecular complexity index is 498. The zero-order valence-electron chi connectivity index (χ0n) is 6.23. The first-order valence-electron chi connectivity index (χ1n) is 3.18. The highest BCUT2D eigenvalue weighted by Crippen LogP contribution is 2.33. The molecule has 0 bridgehead atoms. The molecule has 0 aliphatic heterocycles. The largest absolute Gasteiger partial charge is 0.392 e. The van der Waals surface area contributed by atoms with Gasteiger partial charge in [-0.2, -0.15) is 0 Å². The van der Waals surface area contributed by atoms with Crippen molar-refractivity contribution >= 4 is 29.3 Å². The number of nitrogen functional groups attached to an aromatic ring is 1. The number of nitrogens with zero attached hydrogens (tertiary/aromatic N) is 3. The Kier molecular flexibility index (Phi) is 1.67. The fourth-order valence-corrected chi connectivity index (χ4v) is 2.82. The molecule has 2 aromatic rings. The van der Waals surface area contributed by atoms with E-state index >= 15 is 0 Å². The van der Waals surface area contributed by atoms with Crippen LogP contribution >= 0.6 is 18.9 Å². The first-order valence-corrected chi connectivity index (χ1v) is 5.67. The van der Waals surface area contributed by atoms with Gasteiger partial charge in [0.05, 0.1) is 0 Å². The Labute approximate surface area is 76.2 Å². The fraction of sp³-hybridized carbons (Fsp3) is 0. The molecule has 7 nitrogen and oxygen atoms in total. The van der Waals surface area contributed by atoms with Gasteiger partial charge in [0, 0.05) is 10.5 Å². The highest BCUT2D eigenvalue weighted by atomic mass is 32.1. The summed E-state index contributed by atoms with van der Waals surface area (Å²) in [4.78, 5) is 18.3. The van der Waals surface area contributed by atoms with Crippen LogP contribution in [0.25, 0.3) is 4.96 Å². The molecule has 0 spiro atoms. The molecule has 0 saturated heterocycles. The number of hydrogen-bond donors (Lipinski definition) is 3. The Balaban J connectivity index is 2.79. The lowest BCUT2D eigenvalue weighted by Crippen LogP contribution is -2.42. The molecule has 0 fully saturated rings. The second kappa shape index (κ2) is 2.52. The SMILES string of the molecule is N[n+]1cnn2c(P(=O)(O)O)csc21. The van der Waals surface area contributed by atoms with E-state index in [4.69, 9.17) is 15.6 Å². The second-order valence-corrected chi connectivity index (χ2v) is 4.75. The van der Waals surface area contributed by atoms with Crippen LogP contribution in [0.15, 0.2) is 11.7 Å². The molecule has 0 atom stereocenters. The van der Waals surface area contributed by atoms with Gasteiger partial charge >= 0.3 is 12.6 Å². The van der Waals surface area contributed by atoms with E-state index in [0.29, 0.717) is 4.96 Å². The van der Waals surface area contributed by atoms with Gasteiger partial charge in [0.1, 0.15) is 0 Å². The van der Waals surface area contributed by atoms with Crippen molar-refractivity contribution in [3.63, 3.8) is 0 Å². The lowest BCUT2D eigenvalue weighted by molar-refractivity contribution is -0.610. The van der Waals surface area contributed by atoms with Gasteiger partial charge in [-0.05, 0) is 0 Å². The molecule has 0 aliphatic rings. The van der Waals surface area contributed by atoms with Crippen molar-refractivity contribution in [1.82, 2.24) is 9.61 Å². The van der Waals surface area contributed by atoms with Crippen LogP contribution in [0.3, 0.4) is 0 Å². The van der Waals surface area contributed by atoms with Crippen LogP contribution in [0.2, 0.25) is 0 Å². The van der Waals surface area contributed by atoms with Crippen LogP contribution in [0.4, 0.5) is 0 Å². The quantitative estimate of drug-likeness (QED) is 0.299.